The Morgan fingerprint density at radius 1 is 1.14 bits per heavy atom. The smallest absolute Gasteiger partial charge is 0.286 e. The van der Waals surface area contributed by atoms with E-state index >= 15 is 0 Å². The third-order valence-corrected chi connectivity index (χ3v) is 5.92. The number of nitrogens with zero attached hydrogens (tertiary/aromatic N) is 3. The van der Waals surface area contributed by atoms with Crippen LogP contribution < -0.4 is 4.74 Å². The molecule has 1 aromatic heterocycles. The van der Waals surface area contributed by atoms with Crippen LogP contribution in [0.2, 0.25) is 0 Å². The molecule has 0 spiro atoms. The minimum Gasteiger partial charge on any atom is -0.497 e. The van der Waals surface area contributed by atoms with Gasteiger partial charge in [0, 0.05) is 44.7 Å². The second-order valence-electron chi connectivity index (χ2n) is 6.73. The van der Waals surface area contributed by atoms with Crippen molar-refractivity contribution in [1.29, 1.82) is 0 Å². The number of ether oxygens (including phenoxy) is 1. The average Bonchev–Trinajstić information content (AvgIpc) is 3.35. The molecule has 1 fully saturated rings. The van der Waals surface area contributed by atoms with Gasteiger partial charge >= 0.3 is 0 Å². The van der Waals surface area contributed by atoms with Gasteiger partial charge in [-0.25, -0.2) is 0 Å². The topological polar surface area (TPSA) is 75.3 Å². The largest absolute Gasteiger partial charge is 0.497 e. The highest BCUT2D eigenvalue weighted by atomic mass is 32.2. The number of benzene rings is 1. The summed E-state index contributed by atoms with van der Waals surface area (Å²) in [6, 6.07) is 11.3. The molecule has 2 aromatic rings. The minimum absolute atomic E-state index is 0.0767. The Morgan fingerprint density at radius 2 is 1.86 bits per heavy atom. The normalized spacial score (nSPS) is 18.3. The summed E-state index contributed by atoms with van der Waals surface area (Å²) in [6.07, 6.45) is 1.72. The van der Waals surface area contributed by atoms with Gasteiger partial charge in [0.05, 0.1) is 12.0 Å². The van der Waals surface area contributed by atoms with Crippen molar-refractivity contribution in [3.05, 3.63) is 47.1 Å². The van der Waals surface area contributed by atoms with Gasteiger partial charge in [-0.15, -0.1) is 0 Å². The van der Waals surface area contributed by atoms with E-state index in [0.29, 0.717) is 42.0 Å². The molecule has 2 aliphatic heterocycles. The lowest BCUT2D eigenvalue weighted by Crippen LogP contribution is -2.49. The van der Waals surface area contributed by atoms with Crippen molar-refractivity contribution < 1.29 is 18.7 Å². The van der Waals surface area contributed by atoms with Crippen LogP contribution in [-0.4, -0.2) is 60.1 Å². The number of furan rings is 1. The lowest BCUT2D eigenvalue weighted by atomic mass is 10.2. The van der Waals surface area contributed by atoms with Crippen molar-refractivity contribution in [1.82, 2.24) is 9.80 Å². The number of carbonyl (C=O) groups is 2. The molecule has 8 heteroatoms. The molecule has 1 saturated heterocycles. The number of piperazine rings is 1. The summed E-state index contributed by atoms with van der Waals surface area (Å²) < 4.78 is 11.1. The second-order valence-corrected chi connectivity index (χ2v) is 7.74. The predicted octanol–water partition coefficient (Wildman–Crippen LogP) is 3.09. The van der Waals surface area contributed by atoms with E-state index in [9.17, 15) is 9.59 Å². The number of carbonyl (C=O) groups excluding carboxylic acids is 2. The number of hydrogen-bond acceptors (Lipinski definition) is 6. The van der Waals surface area contributed by atoms with Crippen LogP contribution in [0.1, 0.15) is 12.7 Å². The van der Waals surface area contributed by atoms with Crippen molar-refractivity contribution in [3.63, 3.8) is 0 Å². The Bertz CT molecular complexity index is 986. The van der Waals surface area contributed by atoms with Crippen LogP contribution in [0, 0.1) is 0 Å². The van der Waals surface area contributed by atoms with E-state index in [1.165, 1.54) is 11.8 Å². The highest BCUT2D eigenvalue weighted by Crippen LogP contribution is 2.32. The van der Waals surface area contributed by atoms with E-state index in [1.54, 1.807) is 25.0 Å². The summed E-state index contributed by atoms with van der Waals surface area (Å²) in [7, 11) is 1.63. The zero-order valence-corrected chi connectivity index (χ0v) is 17.1. The molecular formula is C21H21N3O4S. The first kappa shape index (κ1) is 19.3. The van der Waals surface area contributed by atoms with Gasteiger partial charge in [0.1, 0.15) is 17.3 Å². The van der Waals surface area contributed by atoms with E-state index in [4.69, 9.17) is 9.15 Å². The van der Waals surface area contributed by atoms with Gasteiger partial charge in [-0.3, -0.25) is 9.59 Å². The molecule has 150 valence electrons. The Morgan fingerprint density at radius 3 is 2.52 bits per heavy atom. The van der Waals surface area contributed by atoms with Gasteiger partial charge in [-0.2, -0.15) is 4.99 Å². The van der Waals surface area contributed by atoms with Gasteiger partial charge in [0.15, 0.2) is 5.17 Å². The first-order valence-electron chi connectivity index (χ1n) is 9.31. The average molecular weight is 411 g/mol. The molecule has 2 amide bonds. The third kappa shape index (κ3) is 4.22. The molecule has 2 aliphatic rings. The van der Waals surface area contributed by atoms with Crippen LogP contribution >= 0.6 is 11.8 Å². The molecule has 0 saturated carbocycles. The standard InChI is InChI=1S/C21H21N3O4S/c1-14(25)23-9-11-24(12-10-23)21-22-20(26)19(29-21)13-17-7-8-18(28-17)15-3-5-16(27-2)6-4-15/h3-8,13H,9-12H2,1-2H3/b19-13-. The number of aliphatic imine (C=N–C) groups is 1. The first-order chi connectivity index (χ1) is 14.0. The Kier molecular flexibility index (Phi) is 5.44. The Labute approximate surface area is 173 Å². The molecule has 0 N–H and O–H groups in total. The maximum absolute atomic E-state index is 12.3. The Hall–Kier alpha value is -3.00. The molecular weight excluding hydrogens is 390 g/mol. The number of amidine groups is 1. The van der Waals surface area contributed by atoms with Gasteiger partial charge in [0.2, 0.25) is 5.91 Å². The molecule has 0 radical (unpaired) electrons. The maximum atomic E-state index is 12.3. The molecule has 0 unspecified atom stereocenters. The molecule has 7 nitrogen and oxygen atoms in total. The maximum Gasteiger partial charge on any atom is 0.286 e. The molecule has 1 aromatic carbocycles. The summed E-state index contributed by atoms with van der Waals surface area (Å²) in [5.74, 6) is 1.92. The van der Waals surface area contributed by atoms with Gasteiger partial charge in [-0.1, -0.05) is 0 Å². The van der Waals surface area contributed by atoms with Crippen molar-refractivity contribution in [2.45, 2.75) is 6.92 Å². The highest BCUT2D eigenvalue weighted by Gasteiger charge is 2.29. The zero-order valence-electron chi connectivity index (χ0n) is 16.3. The van der Waals surface area contributed by atoms with E-state index in [-0.39, 0.29) is 11.8 Å². The van der Waals surface area contributed by atoms with Crippen LogP contribution in [0.15, 0.2) is 50.7 Å². The quantitative estimate of drug-likeness (QED) is 0.723. The molecule has 0 aliphatic carbocycles. The van der Waals surface area contributed by atoms with Crippen molar-refractivity contribution >= 4 is 34.8 Å². The van der Waals surface area contributed by atoms with Crippen LogP contribution in [-0.2, 0) is 9.59 Å². The van der Waals surface area contributed by atoms with Gasteiger partial charge < -0.3 is 19.0 Å². The lowest BCUT2D eigenvalue weighted by Gasteiger charge is -2.34. The number of thioether (sulfide) groups is 1. The number of hydrogen-bond donors (Lipinski definition) is 0. The summed E-state index contributed by atoms with van der Waals surface area (Å²) in [6.45, 7) is 4.21. The number of methoxy groups -OCH3 is 1. The molecule has 29 heavy (non-hydrogen) atoms. The predicted molar refractivity (Wildman–Crippen MR) is 113 cm³/mol. The van der Waals surface area contributed by atoms with E-state index in [1.807, 2.05) is 41.3 Å². The fourth-order valence-corrected chi connectivity index (χ4v) is 4.16. The van der Waals surface area contributed by atoms with Crippen molar-refractivity contribution in [3.8, 4) is 17.1 Å². The van der Waals surface area contributed by atoms with E-state index in [0.717, 1.165) is 17.1 Å². The second kappa shape index (κ2) is 8.16. The van der Waals surface area contributed by atoms with Crippen LogP contribution in [0.4, 0.5) is 0 Å². The van der Waals surface area contributed by atoms with Gasteiger partial charge in [-0.05, 0) is 48.2 Å². The summed E-state index contributed by atoms with van der Waals surface area (Å²) in [4.78, 5) is 32.4. The van der Waals surface area contributed by atoms with Gasteiger partial charge in [0.25, 0.3) is 5.91 Å². The monoisotopic (exact) mass is 411 g/mol. The molecule has 0 bridgehead atoms. The van der Waals surface area contributed by atoms with Crippen LogP contribution in [0.3, 0.4) is 0 Å². The summed E-state index contributed by atoms with van der Waals surface area (Å²) >= 11 is 1.35. The summed E-state index contributed by atoms with van der Waals surface area (Å²) in [5.41, 5.74) is 0.932. The van der Waals surface area contributed by atoms with E-state index < -0.39 is 0 Å². The number of rotatable bonds is 3. The SMILES string of the molecule is COc1ccc(-c2ccc(/C=C3\SC(N4CCN(C(C)=O)CC4)=NC3=O)o2)cc1. The van der Waals surface area contributed by atoms with Crippen LogP contribution in [0.5, 0.6) is 5.75 Å². The summed E-state index contributed by atoms with van der Waals surface area (Å²) in [5, 5.41) is 0.686. The molecule has 3 heterocycles. The molecule has 0 atom stereocenters. The van der Waals surface area contributed by atoms with E-state index in [2.05, 4.69) is 4.99 Å². The van der Waals surface area contributed by atoms with Crippen molar-refractivity contribution in [2.24, 2.45) is 4.99 Å². The fourth-order valence-electron chi connectivity index (χ4n) is 3.22. The Balaban J connectivity index is 1.43. The lowest BCUT2D eigenvalue weighted by molar-refractivity contribution is -0.130. The third-order valence-electron chi connectivity index (χ3n) is 4.88. The van der Waals surface area contributed by atoms with Crippen molar-refractivity contribution in [2.75, 3.05) is 33.3 Å². The minimum atomic E-state index is -0.263. The number of amides is 2. The van der Waals surface area contributed by atoms with Crippen LogP contribution in [0.25, 0.3) is 17.4 Å². The first-order valence-corrected chi connectivity index (χ1v) is 10.1. The fraction of sp³-hybridized carbons (Fsp3) is 0.286. The zero-order chi connectivity index (χ0) is 20.4. The molecule has 4 rings (SSSR count). The highest BCUT2D eigenvalue weighted by molar-refractivity contribution is 8.18.